The standard InChI is InChI=1S/C23H36O3/c1-14(24)20-7-8-21-18-6-5-15-12-22(26-4)16(13-25-3)11-19(15)17(18)9-10-23(20,21)2/h14,17-18,20-21,24H,5-13H2,1-4H3/t14?,17-,18+,20+,21-,23+/m0/s1. The lowest BCUT2D eigenvalue weighted by Crippen LogP contribution is -2.45. The Morgan fingerprint density at radius 3 is 2.65 bits per heavy atom. The SMILES string of the molecule is COCC1=C(OC)CC2=C(C1)[C@H]1CC[C@]3(C)[C@@H](C(C)O)CC[C@H]3[C@@H]1CC2. The molecule has 0 amide bonds. The number of methoxy groups -OCH3 is 2. The first-order valence-electron chi connectivity index (χ1n) is 10.6. The first-order valence-corrected chi connectivity index (χ1v) is 10.6. The van der Waals surface area contributed by atoms with Crippen molar-refractivity contribution in [3.05, 3.63) is 22.5 Å². The summed E-state index contributed by atoms with van der Waals surface area (Å²) in [7, 11) is 3.59. The topological polar surface area (TPSA) is 38.7 Å². The molecule has 4 aliphatic rings. The Morgan fingerprint density at radius 1 is 1.15 bits per heavy atom. The van der Waals surface area contributed by atoms with Crippen LogP contribution in [0.15, 0.2) is 22.5 Å². The zero-order chi connectivity index (χ0) is 18.5. The first-order chi connectivity index (χ1) is 12.5. The first kappa shape index (κ1) is 18.6. The van der Waals surface area contributed by atoms with Crippen molar-refractivity contribution in [2.45, 2.75) is 71.3 Å². The summed E-state index contributed by atoms with van der Waals surface area (Å²) in [6, 6.07) is 0. The summed E-state index contributed by atoms with van der Waals surface area (Å²) in [6.45, 7) is 5.20. The van der Waals surface area contributed by atoms with Crippen LogP contribution in [-0.4, -0.2) is 32.0 Å². The Labute approximate surface area is 158 Å². The molecule has 0 bridgehead atoms. The van der Waals surface area contributed by atoms with Gasteiger partial charge in [-0.1, -0.05) is 18.1 Å². The minimum absolute atomic E-state index is 0.157. The molecule has 26 heavy (non-hydrogen) atoms. The predicted octanol–water partition coefficient (Wildman–Crippen LogP) is 4.86. The molecule has 146 valence electrons. The van der Waals surface area contributed by atoms with E-state index in [1.165, 1.54) is 44.1 Å². The molecule has 1 unspecified atom stereocenters. The van der Waals surface area contributed by atoms with Crippen molar-refractivity contribution in [3.8, 4) is 0 Å². The largest absolute Gasteiger partial charge is 0.501 e. The van der Waals surface area contributed by atoms with E-state index in [1.54, 1.807) is 18.3 Å². The van der Waals surface area contributed by atoms with Crippen molar-refractivity contribution in [3.63, 3.8) is 0 Å². The van der Waals surface area contributed by atoms with Crippen LogP contribution in [0, 0.1) is 29.1 Å². The monoisotopic (exact) mass is 360 g/mol. The Morgan fingerprint density at radius 2 is 1.96 bits per heavy atom. The Kier molecular flexibility index (Phi) is 4.98. The molecule has 1 N–H and O–H groups in total. The smallest absolute Gasteiger partial charge is 0.101 e. The second kappa shape index (κ2) is 6.98. The zero-order valence-corrected chi connectivity index (χ0v) is 17.0. The summed E-state index contributed by atoms with van der Waals surface area (Å²) in [5, 5.41) is 10.3. The van der Waals surface area contributed by atoms with Gasteiger partial charge in [-0.05, 0) is 86.5 Å². The highest BCUT2D eigenvalue weighted by Crippen LogP contribution is 2.63. The van der Waals surface area contributed by atoms with Crippen molar-refractivity contribution in [2.75, 3.05) is 20.8 Å². The summed E-state index contributed by atoms with van der Waals surface area (Å²) >= 11 is 0. The lowest BCUT2D eigenvalue weighted by Gasteiger charge is -2.52. The maximum Gasteiger partial charge on any atom is 0.101 e. The van der Waals surface area contributed by atoms with E-state index in [0.29, 0.717) is 17.9 Å². The second-order valence-corrected chi connectivity index (χ2v) is 9.53. The van der Waals surface area contributed by atoms with E-state index >= 15 is 0 Å². The summed E-state index contributed by atoms with van der Waals surface area (Å²) in [5.41, 5.74) is 5.11. The maximum atomic E-state index is 10.3. The molecule has 0 aromatic rings. The number of hydrogen-bond acceptors (Lipinski definition) is 3. The van der Waals surface area contributed by atoms with Crippen molar-refractivity contribution in [2.24, 2.45) is 29.1 Å². The van der Waals surface area contributed by atoms with Crippen molar-refractivity contribution in [1.82, 2.24) is 0 Å². The van der Waals surface area contributed by atoms with Crippen LogP contribution in [0.3, 0.4) is 0 Å². The van der Waals surface area contributed by atoms with E-state index in [9.17, 15) is 5.11 Å². The van der Waals surface area contributed by atoms with Gasteiger partial charge in [0.25, 0.3) is 0 Å². The maximum absolute atomic E-state index is 10.3. The molecule has 3 nitrogen and oxygen atoms in total. The number of rotatable bonds is 4. The van der Waals surface area contributed by atoms with Crippen LogP contribution in [0.1, 0.15) is 65.2 Å². The fourth-order valence-corrected chi connectivity index (χ4v) is 7.35. The van der Waals surface area contributed by atoms with Gasteiger partial charge in [0.15, 0.2) is 0 Å². The van der Waals surface area contributed by atoms with Gasteiger partial charge in [-0.15, -0.1) is 0 Å². The van der Waals surface area contributed by atoms with Crippen molar-refractivity contribution < 1.29 is 14.6 Å². The lowest BCUT2D eigenvalue weighted by atomic mass is 9.53. The summed E-state index contributed by atoms with van der Waals surface area (Å²) in [4.78, 5) is 0. The third-order valence-electron chi connectivity index (χ3n) is 8.51. The molecule has 0 saturated heterocycles. The van der Waals surface area contributed by atoms with Crippen molar-refractivity contribution in [1.29, 1.82) is 0 Å². The average Bonchev–Trinajstić information content (AvgIpc) is 2.98. The summed E-state index contributed by atoms with van der Waals surface area (Å²) in [6.07, 6.45) is 9.63. The Hall–Kier alpha value is -0.800. The molecule has 2 saturated carbocycles. The van der Waals surface area contributed by atoms with Crippen LogP contribution in [0.25, 0.3) is 0 Å². The van der Waals surface area contributed by atoms with Gasteiger partial charge < -0.3 is 14.6 Å². The van der Waals surface area contributed by atoms with Gasteiger partial charge in [0, 0.05) is 13.5 Å². The van der Waals surface area contributed by atoms with Gasteiger partial charge >= 0.3 is 0 Å². The van der Waals surface area contributed by atoms with E-state index < -0.39 is 0 Å². The Balaban J connectivity index is 1.59. The van der Waals surface area contributed by atoms with E-state index in [2.05, 4.69) is 6.92 Å². The minimum Gasteiger partial charge on any atom is -0.501 e. The predicted molar refractivity (Wildman–Crippen MR) is 104 cm³/mol. The van der Waals surface area contributed by atoms with E-state index in [-0.39, 0.29) is 6.10 Å². The summed E-state index contributed by atoms with van der Waals surface area (Å²) < 4.78 is 11.2. The molecule has 6 atom stereocenters. The molecule has 0 aromatic carbocycles. The molecular formula is C23H36O3. The van der Waals surface area contributed by atoms with E-state index in [4.69, 9.17) is 9.47 Å². The summed E-state index contributed by atoms with van der Waals surface area (Å²) in [5.74, 6) is 4.03. The van der Waals surface area contributed by atoms with Gasteiger partial charge in [-0.25, -0.2) is 0 Å². The van der Waals surface area contributed by atoms with Crippen LogP contribution >= 0.6 is 0 Å². The molecule has 0 aromatic heterocycles. The number of ether oxygens (including phenoxy) is 2. The number of aliphatic hydroxyl groups is 1. The molecule has 3 heteroatoms. The molecule has 0 aliphatic heterocycles. The van der Waals surface area contributed by atoms with Crippen LogP contribution < -0.4 is 0 Å². The van der Waals surface area contributed by atoms with E-state index in [0.717, 1.165) is 36.4 Å². The van der Waals surface area contributed by atoms with Gasteiger partial charge in [-0.3, -0.25) is 0 Å². The molecule has 0 heterocycles. The fraction of sp³-hybridized carbons (Fsp3) is 0.826. The van der Waals surface area contributed by atoms with Gasteiger partial charge in [0.05, 0.1) is 19.8 Å². The highest BCUT2D eigenvalue weighted by Gasteiger charge is 2.56. The molecular weight excluding hydrogens is 324 g/mol. The average molecular weight is 361 g/mol. The van der Waals surface area contributed by atoms with Crippen LogP contribution in [-0.2, 0) is 9.47 Å². The second-order valence-electron chi connectivity index (χ2n) is 9.53. The van der Waals surface area contributed by atoms with Gasteiger partial charge in [0.2, 0.25) is 0 Å². The highest BCUT2D eigenvalue weighted by molar-refractivity contribution is 5.37. The van der Waals surface area contributed by atoms with Crippen LogP contribution in [0.4, 0.5) is 0 Å². The lowest BCUT2D eigenvalue weighted by molar-refractivity contribution is -0.0266. The minimum atomic E-state index is -0.157. The molecule has 0 radical (unpaired) electrons. The quantitative estimate of drug-likeness (QED) is 0.728. The molecule has 4 rings (SSSR count). The van der Waals surface area contributed by atoms with Crippen LogP contribution in [0.5, 0.6) is 0 Å². The normalized spacial score (nSPS) is 40.8. The van der Waals surface area contributed by atoms with Gasteiger partial charge in [0.1, 0.15) is 5.76 Å². The fourth-order valence-electron chi connectivity index (χ4n) is 7.35. The zero-order valence-electron chi connectivity index (χ0n) is 17.0. The molecule has 2 fully saturated rings. The van der Waals surface area contributed by atoms with Crippen LogP contribution in [0.2, 0.25) is 0 Å². The Bertz CT molecular complexity index is 617. The number of fused-ring (bicyclic) bond motifs is 4. The number of hydrogen-bond donors (Lipinski definition) is 1. The number of allylic oxidation sites excluding steroid dienone is 2. The third-order valence-corrected chi connectivity index (χ3v) is 8.51. The van der Waals surface area contributed by atoms with E-state index in [1.807, 2.05) is 14.0 Å². The van der Waals surface area contributed by atoms with Gasteiger partial charge in [-0.2, -0.15) is 0 Å². The molecule has 4 aliphatic carbocycles. The highest BCUT2D eigenvalue weighted by atomic mass is 16.5. The molecule has 0 spiro atoms. The number of aliphatic hydroxyl groups excluding tert-OH is 1. The third kappa shape index (κ3) is 2.77. The van der Waals surface area contributed by atoms with Crippen molar-refractivity contribution >= 4 is 0 Å².